The lowest BCUT2D eigenvalue weighted by molar-refractivity contribution is 0.201. The number of halogens is 1. The van der Waals surface area contributed by atoms with Crippen LogP contribution in [0.25, 0.3) is 0 Å². The van der Waals surface area contributed by atoms with Crippen LogP contribution in [0.4, 0.5) is 4.39 Å². The minimum absolute atomic E-state index is 0.151. The van der Waals surface area contributed by atoms with Gasteiger partial charge in [-0.15, -0.1) is 0 Å². The fourth-order valence-electron chi connectivity index (χ4n) is 2.84. The molecule has 1 saturated heterocycles. The Bertz CT molecular complexity index is 358. The minimum Gasteiger partial charge on any atom is -0.316 e. The lowest BCUT2D eigenvalue weighted by atomic mass is 9.98. The first-order valence-electron chi connectivity index (χ1n) is 7.45. The Balaban J connectivity index is 1.89. The van der Waals surface area contributed by atoms with E-state index >= 15 is 0 Å². The van der Waals surface area contributed by atoms with Crippen molar-refractivity contribution >= 4 is 0 Å². The zero-order chi connectivity index (χ0) is 13.5. The van der Waals surface area contributed by atoms with E-state index in [4.69, 9.17) is 0 Å². The molecule has 1 N–H and O–H groups in total. The van der Waals surface area contributed by atoms with Gasteiger partial charge in [0, 0.05) is 13.1 Å². The molecule has 0 spiro atoms. The number of hydrogen-bond donors (Lipinski definition) is 1. The van der Waals surface area contributed by atoms with Crippen molar-refractivity contribution in [2.75, 3.05) is 26.2 Å². The summed E-state index contributed by atoms with van der Waals surface area (Å²) in [6, 6.07) is 6.91. The van der Waals surface area contributed by atoms with Crippen molar-refractivity contribution in [3.05, 3.63) is 35.6 Å². The van der Waals surface area contributed by atoms with Crippen LogP contribution in [0.15, 0.2) is 24.3 Å². The first kappa shape index (κ1) is 14.5. The van der Waals surface area contributed by atoms with Gasteiger partial charge in [0.25, 0.3) is 0 Å². The molecule has 1 unspecified atom stereocenters. The summed E-state index contributed by atoms with van der Waals surface area (Å²) in [5.74, 6) is 0.614. The van der Waals surface area contributed by atoms with Crippen LogP contribution in [0.2, 0.25) is 0 Å². The van der Waals surface area contributed by atoms with Crippen LogP contribution in [-0.2, 0) is 6.54 Å². The highest BCUT2D eigenvalue weighted by molar-refractivity contribution is 5.15. The summed E-state index contributed by atoms with van der Waals surface area (Å²) < 4.78 is 12.9. The first-order valence-corrected chi connectivity index (χ1v) is 7.45. The first-order chi connectivity index (χ1) is 9.28. The van der Waals surface area contributed by atoms with Crippen molar-refractivity contribution in [3.8, 4) is 0 Å². The maximum absolute atomic E-state index is 12.9. The third kappa shape index (κ3) is 4.92. The van der Waals surface area contributed by atoms with Crippen molar-refractivity contribution in [1.82, 2.24) is 10.2 Å². The molecular formula is C16H25FN2. The monoisotopic (exact) mass is 264 g/mol. The van der Waals surface area contributed by atoms with E-state index in [1.807, 2.05) is 12.1 Å². The number of nitrogens with one attached hydrogen (secondary N) is 1. The maximum Gasteiger partial charge on any atom is 0.123 e. The Morgan fingerprint density at radius 3 is 2.74 bits per heavy atom. The average Bonchev–Trinajstić information content (AvgIpc) is 2.43. The zero-order valence-corrected chi connectivity index (χ0v) is 11.9. The third-order valence-electron chi connectivity index (χ3n) is 3.77. The predicted molar refractivity (Wildman–Crippen MR) is 77.6 cm³/mol. The maximum atomic E-state index is 12.9. The fourth-order valence-corrected chi connectivity index (χ4v) is 2.84. The molecule has 2 rings (SSSR count). The standard InChI is InChI=1S/C16H25FN2/c1-2-10-19(13-15-4-3-9-18-11-15)12-14-5-7-16(17)8-6-14/h5-8,15,18H,2-4,9-13H2,1H3. The Kier molecular flexibility index (Phi) is 5.80. The van der Waals surface area contributed by atoms with Gasteiger partial charge < -0.3 is 5.32 Å². The van der Waals surface area contributed by atoms with Crippen LogP contribution in [-0.4, -0.2) is 31.1 Å². The number of hydrogen-bond acceptors (Lipinski definition) is 2. The highest BCUT2D eigenvalue weighted by atomic mass is 19.1. The number of benzene rings is 1. The summed E-state index contributed by atoms with van der Waals surface area (Å²) in [4.78, 5) is 2.50. The van der Waals surface area contributed by atoms with Crippen molar-refractivity contribution < 1.29 is 4.39 Å². The Morgan fingerprint density at radius 2 is 2.11 bits per heavy atom. The van der Waals surface area contributed by atoms with Crippen LogP contribution in [0.3, 0.4) is 0 Å². The van der Waals surface area contributed by atoms with E-state index in [9.17, 15) is 4.39 Å². The van der Waals surface area contributed by atoms with Crippen LogP contribution in [0, 0.1) is 11.7 Å². The smallest absolute Gasteiger partial charge is 0.123 e. The number of rotatable bonds is 6. The normalized spacial score (nSPS) is 19.8. The highest BCUT2D eigenvalue weighted by Crippen LogP contribution is 2.14. The van der Waals surface area contributed by atoms with Gasteiger partial charge in [0.05, 0.1) is 0 Å². The largest absolute Gasteiger partial charge is 0.316 e. The molecule has 3 heteroatoms. The van der Waals surface area contributed by atoms with E-state index in [0.29, 0.717) is 0 Å². The molecule has 106 valence electrons. The summed E-state index contributed by atoms with van der Waals surface area (Å²) in [6.07, 6.45) is 3.79. The molecule has 1 heterocycles. The molecule has 1 aliphatic rings. The second-order valence-corrected chi connectivity index (χ2v) is 5.57. The highest BCUT2D eigenvalue weighted by Gasteiger charge is 2.16. The molecular weight excluding hydrogens is 239 g/mol. The fraction of sp³-hybridized carbons (Fsp3) is 0.625. The van der Waals surface area contributed by atoms with Gasteiger partial charge in [-0.25, -0.2) is 4.39 Å². The summed E-state index contributed by atoms with van der Waals surface area (Å²) in [7, 11) is 0. The molecule has 0 bridgehead atoms. The second kappa shape index (κ2) is 7.61. The molecule has 0 saturated carbocycles. The Morgan fingerprint density at radius 1 is 1.32 bits per heavy atom. The molecule has 0 aliphatic carbocycles. The van der Waals surface area contributed by atoms with Crippen LogP contribution < -0.4 is 5.32 Å². The molecule has 1 aliphatic heterocycles. The molecule has 0 amide bonds. The van der Waals surface area contributed by atoms with E-state index < -0.39 is 0 Å². The third-order valence-corrected chi connectivity index (χ3v) is 3.77. The molecule has 0 radical (unpaired) electrons. The molecule has 1 fully saturated rings. The minimum atomic E-state index is -0.151. The van der Waals surface area contributed by atoms with Gasteiger partial charge in [-0.3, -0.25) is 4.90 Å². The Hall–Kier alpha value is -0.930. The summed E-state index contributed by atoms with van der Waals surface area (Å²) in [5.41, 5.74) is 1.21. The molecule has 0 aromatic heterocycles. The van der Waals surface area contributed by atoms with E-state index in [-0.39, 0.29) is 5.82 Å². The van der Waals surface area contributed by atoms with Crippen molar-refractivity contribution in [1.29, 1.82) is 0 Å². The lowest BCUT2D eigenvalue weighted by Gasteiger charge is -2.30. The van der Waals surface area contributed by atoms with Gasteiger partial charge >= 0.3 is 0 Å². The summed E-state index contributed by atoms with van der Waals surface area (Å²) >= 11 is 0. The van der Waals surface area contributed by atoms with Crippen molar-refractivity contribution in [2.45, 2.75) is 32.7 Å². The number of nitrogens with zero attached hydrogens (tertiary/aromatic N) is 1. The molecule has 1 atom stereocenters. The summed E-state index contributed by atoms with van der Waals surface area (Å²) in [6.45, 7) is 7.74. The van der Waals surface area contributed by atoms with Gasteiger partial charge in [-0.1, -0.05) is 19.1 Å². The number of piperidine rings is 1. The van der Waals surface area contributed by atoms with E-state index in [0.717, 1.165) is 32.1 Å². The van der Waals surface area contributed by atoms with Crippen LogP contribution in [0.1, 0.15) is 31.7 Å². The Labute approximate surface area is 116 Å². The molecule has 2 nitrogen and oxygen atoms in total. The van der Waals surface area contributed by atoms with E-state index in [1.54, 1.807) is 12.1 Å². The molecule has 1 aromatic carbocycles. The van der Waals surface area contributed by atoms with E-state index in [1.165, 1.54) is 31.4 Å². The van der Waals surface area contributed by atoms with E-state index in [2.05, 4.69) is 17.1 Å². The van der Waals surface area contributed by atoms with Crippen molar-refractivity contribution in [3.63, 3.8) is 0 Å². The van der Waals surface area contributed by atoms with Crippen molar-refractivity contribution in [2.24, 2.45) is 5.92 Å². The van der Waals surface area contributed by atoms with Crippen LogP contribution >= 0.6 is 0 Å². The van der Waals surface area contributed by atoms with Gasteiger partial charge in [0.1, 0.15) is 5.82 Å². The lowest BCUT2D eigenvalue weighted by Crippen LogP contribution is -2.38. The van der Waals surface area contributed by atoms with Gasteiger partial charge in [0.15, 0.2) is 0 Å². The molecule has 1 aromatic rings. The van der Waals surface area contributed by atoms with Gasteiger partial charge in [-0.05, 0) is 62.5 Å². The van der Waals surface area contributed by atoms with Gasteiger partial charge in [-0.2, -0.15) is 0 Å². The summed E-state index contributed by atoms with van der Waals surface area (Å²) in [5, 5.41) is 3.48. The SMILES string of the molecule is CCCN(Cc1ccc(F)cc1)CC1CCCNC1. The predicted octanol–water partition coefficient (Wildman–Crippen LogP) is 3.04. The zero-order valence-electron chi connectivity index (χ0n) is 11.9. The van der Waals surface area contributed by atoms with Crippen LogP contribution in [0.5, 0.6) is 0 Å². The quantitative estimate of drug-likeness (QED) is 0.849. The second-order valence-electron chi connectivity index (χ2n) is 5.57. The molecule has 19 heavy (non-hydrogen) atoms. The van der Waals surface area contributed by atoms with Gasteiger partial charge in [0.2, 0.25) is 0 Å². The topological polar surface area (TPSA) is 15.3 Å². The average molecular weight is 264 g/mol.